The second kappa shape index (κ2) is 5.51. The molecule has 0 aromatic heterocycles. The Labute approximate surface area is 78.9 Å². The summed E-state index contributed by atoms with van der Waals surface area (Å²) in [6.07, 6.45) is -0.653. The molecule has 0 aromatic rings. The molecule has 0 amide bonds. The molecule has 0 radical (unpaired) electrons. The van der Waals surface area contributed by atoms with E-state index in [2.05, 4.69) is 22.4 Å². The second-order valence-corrected chi connectivity index (χ2v) is 3.49. The zero-order valence-electron chi connectivity index (χ0n) is 8.11. The number of likely N-dealkylation sites (N-methyl/N-ethyl adjacent to an activating group) is 1. The van der Waals surface area contributed by atoms with Crippen LogP contribution in [-0.4, -0.2) is 72.6 Å². The van der Waals surface area contributed by atoms with Crippen LogP contribution in [0.5, 0.6) is 0 Å². The number of rotatable bonds is 4. The van der Waals surface area contributed by atoms with Gasteiger partial charge in [-0.2, -0.15) is 0 Å². The van der Waals surface area contributed by atoms with Crippen LogP contribution in [0.25, 0.3) is 0 Å². The highest BCUT2D eigenvalue weighted by atomic mass is 16.3. The van der Waals surface area contributed by atoms with Gasteiger partial charge in [0, 0.05) is 32.7 Å². The van der Waals surface area contributed by atoms with Crippen LogP contribution in [0.1, 0.15) is 0 Å². The summed E-state index contributed by atoms with van der Waals surface area (Å²) in [5.41, 5.74) is 3.09. The standard InChI is InChI=1S/C8H19N3O2/c1-10-2-4-11(5-3-10)9-6-8(13)7-12/h8-9,12-13H,2-7H2,1H3/t8-/m0/s1. The fourth-order valence-electron chi connectivity index (χ4n) is 1.26. The normalized spacial score (nSPS) is 23.3. The van der Waals surface area contributed by atoms with Crippen LogP contribution in [0, 0.1) is 0 Å². The second-order valence-electron chi connectivity index (χ2n) is 3.49. The fraction of sp³-hybridized carbons (Fsp3) is 1.00. The smallest absolute Gasteiger partial charge is 0.0908 e. The van der Waals surface area contributed by atoms with E-state index >= 15 is 0 Å². The Balaban J connectivity index is 2.08. The summed E-state index contributed by atoms with van der Waals surface area (Å²) in [5, 5.41) is 19.8. The average molecular weight is 189 g/mol. The first-order chi connectivity index (χ1) is 6.22. The number of aliphatic hydroxyl groups is 2. The van der Waals surface area contributed by atoms with Gasteiger partial charge in [0.05, 0.1) is 12.7 Å². The molecule has 5 nitrogen and oxygen atoms in total. The summed E-state index contributed by atoms with van der Waals surface area (Å²) in [7, 11) is 2.10. The summed E-state index contributed by atoms with van der Waals surface area (Å²) in [5.74, 6) is 0. The van der Waals surface area contributed by atoms with Crippen LogP contribution in [0.2, 0.25) is 0 Å². The molecule has 0 unspecified atom stereocenters. The van der Waals surface area contributed by atoms with Gasteiger partial charge in [-0.1, -0.05) is 0 Å². The molecule has 5 heteroatoms. The minimum Gasteiger partial charge on any atom is -0.394 e. The maximum Gasteiger partial charge on any atom is 0.0908 e. The van der Waals surface area contributed by atoms with Gasteiger partial charge in [0.2, 0.25) is 0 Å². The van der Waals surface area contributed by atoms with E-state index in [9.17, 15) is 0 Å². The van der Waals surface area contributed by atoms with Crippen molar-refractivity contribution < 1.29 is 10.2 Å². The van der Waals surface area contributed by atoms with E-state index in [1.165, 1.54) is 0 Å². The molecular weight excluding hydrogens is 170 g/mol. The predicted octanol–water partition coefficient (Wildman–Crippen LogP) is -1.91. The van der Waals surface area contributed by atoms with E-state index in [0.29, 0.717) is 6.54 Å². The first-order valence-electron chi connectivity index (χ1n) is 4.68. The molecular formula is C8H19N3O2. The van der Waals surface area contributed by atoms with Gasteiger partial charge in [0.25, 0.3) is 0 Å². The number of hydrogen-bond donors (Lipinski definition) is 3. The van der Waals surface area contributed by atoms with Crippen molar-refractivity contribution >= 4 is 0 Å². The first-order valence-corrected chi connectivity index (χ1v) is 4.68. The van der Waals surface area contributed by atoms with Crippen LogP contribution in [-0.2, 0) is 0 Å². The van der Waals surface area contributed by atoms with Crippen molar-refractivity contribution in [2.45, 2.75) is 6.10 Å². The molecule has 1 fully saturated rings. The van der Waals surface area contributed by atoms with E-state index in [-0.39, 0.29) is 6.61 Å². The summed E-state index contributed by atoms with van der Waals surface area (Å²) in [6, 6.07) is 0. The Kier molecular flexibility index (Phi) is 4.61. The lowest BCUT2D eigenvalue weighted by atomic mass is 10.3. The molecule has 1 aliphatic rings. The molecule has 0 saturated carbocycles. The zero-order chi connectivity index (χ0) is 9.68. The number of piperazine rings is 1. The summed E-state index contributed by atoms with van der Waals surface area (Å²) >= 11 is 0. The maximum atomic E-state index is 9.09. The first kappa shape index (κ1) is 10.9. The highest BCUT2D eigenvalue weighted by Crippen LogP contribution is 1.95. The van der Waals surface area contributed by atoms with Crippen molar-refractivity contribution in [3.8, 4) is 0 Å². The molecule has 1 heterocycles. The van der Waals surface area contributed by atoms with Crippen LogP contribution < -0.4 is 5.43 Å². The zero-order valence-corrected chi connectivity index (χ0v) is 8.11. The summed E-state index contributed by atoms with van der Waals surface area (Å²) in [4.78, 5) is 2.26. The van der Waals surface area contributed by atoms with Gasteiger partial charge in [0.15, 0.2) is 0 Å². The maximum absolute atomic E-state index is 9.09. The molecule has 1 atom stereocenters. The molecule has 1 rings (SSSR count). The number of hydrazine groups is 1. The number of nitrogens with zero attached hydrogens (tertiary/aromatic N) is 2. The van der Waals surface area contributed by atoms with Crippen LogP contribution >= 0.6 is 0 Å². The Hall–Kier alpha value is -0.200. The van der Waals surface area contributed by atoms with Crippen molar-refractivity contribution in [2.24, 2.45) is 0 Å². The number of aliphatic hydroxyl groups excluding tert-OH is 2. The Morgan fingerprint density at radius 1 is 1.31 bits per heavy atom. The van der Waals surface area contributed by atoms with Gasteiger partial charge in [0.1, 0.15) is 0 Å². The van der Waals surface area contributed by atoms with E-state index in [1.54, 1.807) is 0 Å². The van der Waals surface area contributed by atoms with Crippen molar-refractivity contribution in [3.63, 3.8) is 0 Å². The van der Waals surface area contributed by atoms with Gasteiger partial charge in [-0.3, -0.25) is 5.43 Å². The molecule has 0 spiro atoms. The molecule has 1 aliphatic heterocycles. The van der Waals surface area contributed by atoms with Gasteiger partial charge in [-0.25, -0.2) is 5.01 Å². The Morgan fingerprint density at radius 2 is 1.92 bits per heavy atom. The van der Waals surface area contributed by atoms with Crippen LogP contribution in [0.15, 0.2) is 0 Å². The fourth-order valence-corrected chi connectivity index (χ4v) is 1.26. The quantitative estimate of drug-likeness (QED) is 0.482. The van der Waals surface area contributed by atoms with Gasteiger partial charge >= 0.3 is 0 Å². The van der Waals surface area contributed by atoms with Crippen molar-refractivity contribution in [1.29, 1.82) is 0 Å². The molecule has 0 aromatic carbocycles. The van der Waals surface area contributed by atoms with Gasteiger partial charge < -0.3 is 15.1 Å². The molecule has 3 N–H and O–H groups in total. The third kappa shape index (κ3) is 4.02. The topological polar surface area (TPSA) is 59.0 Å². The third-order valence-electron chi connectivity index (χ3n) is 2.26. The molecule has 0 bridgehead atoms. The third-order valence-corrected chi connectivity index (χ3v) is 2.26. The molecule has 13 heavy (non-hydrogen) atoms. The molecule has 0 aliphatic carbocycles. The molecule has 1 saturated heterocycles. The Morgan fingerprint density at radius 3 is 2.46 bits per heavy atom. The number of hydrogen-bond acceptors (Lipinski definition) is 5. The Bertz CT molecular complexity index is 137. The van der Waals surface area contributed by atoms with Crippen molar-refractivity contribution in [1.82, 2.24) is 15.3 Å². The van der Waals surface area contributed by atoms with E-state index in [1.807, 2.05) is 0 Å². The average Bonchev–Trinajstić information content (AvgIpc) is 2.16. The summed E-state index contributed by atoms with van der Waals surface area (Å²) in [6.45, 7) is 4.27. The largest absolute Gasteiger partial charge is 0.394 e. The highest BCUT2D eigenvalue weighted by Gasteiger charge is 2.13. The predicted molar refractivity (Wildman–Crippen MR) is 50.2 cm³/mol. The SMILES string of the molecule is CN1CCN(NC[C@H](O)CO)CC1. The van der Waals surface area contributed by atoms with Gasteiger partial charge in [-0.15, -0.1) is 0 Å². The summed E-state index contributed by atoms with van der Waals surface area (Å²) < 4.78 is 0. The van der Waals surface area contributed by atoms with Gasteiger partial charge in [-0.05, 0) is 7.05 Å². The highest BCUT2D eigenvalue weighted by molar-refractivity contribution is 4.67. The van der Waals surface area contributed by atoms with Crippen molar-refractivity contribution in [3.05, 3.63) is 0 Å². The number of nitrogens with one attached hydrogen (secondary N) is 1. The van der Waals surface area contributed by atoms with Crippen molar-refractivity contribution in [2.75, 3.05) is 46.4 Å². The van der Waals surface area contributed by atoms with E-state index in [0.717, 1.165) is 26.2 Å². The lowest BCUT2D eigenvalue weighted by molar-refractivity contribution is 0.0493. The minimum atomic E-state index is -0.653. The van der Waals surface area contributed by atoms with Crippen LogP contribution in [0.4, 0.5) is 0 Å². The lowest BCUT2D eigenvalue weighted by Crippen LogP contribution is -2.52. The minimum absolute atomic E-state index is 0.180. The van der Waals surface area contributed by atoms with Crippen LogP contribution in [0.3, 0.4) is 0 Å². The van der Waals surface area contributed by atoms with E-state index in [4.69, 9.17) is 10.2 Å². The monoisotopic (exact) mass is 189 g/mol. The van der Waals surface area contributed by atoms with E-state index < -0.39 is 6.10 Å². The molecule has 78 valence electrons. The lowest BCUT2D eigenvalue weighted by Gasteiger charge is -2.33.